The number of piperidine rings is 1. The summed E-state index contributed by atoms with van der Waals surface area (Å²) in [6.07, 6.45) is 4.16. The van der Waals surface area contributed by atoms with Crippen molar-refractivity contribution in [2.24, 2.45) is 11.7 Å². The monoisotopic (exact) mass is 210 g/mol. The van der Waals surface area contributed by atoms with E-state index in [4.69, 9.17) is 10.5 Å². The lowest BCUT2D eigenvalue weighted by atomic mass is 9.71. The van der Waals surface area contributed by atoms with Gasteiger partial charge in [-0.25, -0.2) is 0 Å². The van der Waals surface area contributed by atoms with Crippen LogP contribution in [0, 0.1) is 5.92 Å². The fourth-order valence-corrected chi connectivity index (χ4v) is 3.25. The van der Waals surface area contributed by atoms with E-state index in [-0.39, 0.29) is 24.1 Å². The lowest BCUT2D eigenvalue weighted by Gasteiger charge is -2.51. The van der Waals surface area contributed by atoms with E-state index >= 15 is 0 Å². The van der Waals surface area contributed by atoms with Crippen LogP contribution < -0.4 is 5.73 Å². The van der Waals surface area contributed by atoms with Gasteiger partial charge in [0.15, 0.2) is 0 Å². The Balaban J connectivity index is 1.73. The molecule has 4 heteroatoms. The molecule has 2 N–H and O–H groups in total. The number of fused-ring (bicyclic) bond motifs is 1. The van der Waals surface area contributed by atoms with Crippen molar-refractivity contribution in [2.75, 3.05) is 13.2 Å². The molecule has 2 heterocycles. The first-order chi connectivity index (χ1) is 7.29. The predicted molar refractivity (Wildman–Crippen MR) is 55.2 cm³/mol. The van der Waals surface area contributed by atoms with Gasteiger partial charge in [-0.3, -0.25) is 4.79 Å². The number of ether oxygens (including phenoxy) is 1. The Bertz CT molecular complexity index is 282. The zero-order valence-electron chi connectivity index (χ0n) is 8.89. The van der Waals surface area contributed by atoms with Gasteiger partial charge in [0.1, 0.15) is 0 Å². The third-order valence-electron chi connectivity index (χ3n) is 4.13. The maximum absolute atomic E-state index is 11.8. The molecular weight excluding hydrogens is 192 g/mol. The summed E-state index contributed by atoms with van der Waals surface area (Å²) in [7, 11) is 0. The van der Waals surface area contributed by atoms with Gasteiger partial charge in [-0.2, -0.15) is 0 Å². The lowest BCUT2D eigenvalue weighted by molar-refractivity contribution is -0.148. The maximum atomic E-state index is 11.8. The summed E-state index contributed by atoms with van der Waals surface area (Å²) >= 11 is 0. The average Bonchev–Trinajstić information content (AvgIpc) is 2.65. The molecule has 0 radical (unpaired) electrons. The van der Waals surface area contributed by atoms with Crippen molar-refractivity contribution in [1.82, 2.24) is 4.90 Å². The summed E-state index contributed by atoms with van der Waals surface area (Å²) < 4.78 is 5.66. The molecule has 1 saturated carbocycles. The van der Waals surface area contributed by atoms with Gasteiger partial charge in [-0.15, -0.1) is 0 Å². The topological polar surface area (TPSA) is 55.6 Å². The van der Waals surface area contributed by atoms with Crippen molar-refractivity contribution in [3.05, 3.63) is 0 Å². The highest BCUT2D eigenvalue weighted by molar-refractivity contribution is 5.77. The smallest absolute Gasteiger partial charge is 0.222 e. The summed E-state index contributed by atoms with van der Waals surface area (Å²) in [6, 6.07) is 0.324. The van der Waals surface area contributed by atoms with E-state index in [1.54, 1.807) is 0 Å². The highest BCUT2D eigenvalue weighted by Gasteiger charge is 2.55. The molecule has 0 bridgehead atoms. The maximum Gasteiger partial charge on any atom is 0.222 e. The largest absolute Gasteiger partial charge is 0.376 e. The standard InChI is InChI=1S/C11H18N2O2/c12-9-7-4-6-15-11(7)10(9)13-5-2-1-3-8(13)14/h7,9-11H,1-6,12H2. The van der Waals surface area contributed by atoms with Crippen LogP contribution in [0.15, 0.2) is 0 Å². The van der Waals surface area contributed by atoms with Crippen molar-refractivity contribution < 1.29 is 9.53 Å². The molecule has 0 aromatic carbocycles. The van der Waals surface area contributed by atoms with Gasteiger partial charge < -0.3 is 15.4 Å². The van der Waals surface area contributed by atoms with Crippen molar-refractivity contribution in [3.63, 3.8) is 0 Å². The second-order valence-corrected chi connectivity index (χ2v) is 4.90. The van der Waals surface area contributed by atoms with Crippen LogP contribution in [0.4, 0.5) is 0 Å². The van der Waals surface area contributed by atoms with Crippen LogP contribution in [-0.4, -0.2) is 42.1 Å². The van der Waals surface area contributed by atoms with Crippen molar-refractivity contribution >= 4 is 5.91 Å². The van der Waals surface area contributed by atoms with E-state index in [0.29, 0.717) is 12.3 Å². The number of hydrogen-bond donors (Lipinski definition) is 1. The van der Waals surface area contributed by atoms with Gasteiger partial charge >= 0.3 is 0 Å². The number of hydrogen-bond acceptors (Lipinski definition) is 3. The van der Waals surface area contributed by atoms with Crippen LogP contribution in [0.1, 0.15) is 25.7 Å². The first kappa shape index (κ1) is 9.60. The number of rotatable bonds is 1. The Morgan fingerprint density at radius 1 is 1.40 bits per heavy atom. The van der Waals surface area contributed by atoms with Crippen LogP contribution >= 0.6 is 0 Å². The highest BCUT2D eigenvalue weighted by atomic mass is 16.5. The number of likely N-dealkylation sites (tertiary alicyclic amines) is 1. The van der Waals surface area contributed by atoms with Crippen LogP contribution in [-0.2, 0) is 9.53 Å². The normalized spacial score (nSPS) is 45.1. The second kappa shape index (κ2) is 3.46. The molecule has 1 amide bonds. The number of nitrogens with two attached hydrogens (primary N) is 1. The second-order valence-electron chi connectivity index (χ2n) is 4.90. The molecule has 15 heavy (non-hydrogen) atoms. The van der Waals surface area contributed by atoms with Crippen LogP contribution in [0.25, 0.3) is 0 Å². The van der Waals surface area contributed by atoms with Gasteiger partial charge in [-0.1, -0.05) is 0 Å². The minimum Gasteiger partial charge on any atom is -0.376 e. The van der Waals surface area contributed by atoms with Crippen LogP contribution in [0.5, 0.6) is 0 Å². The number of nitrogens with zero attached hydrogens (tertiary/aromatic N) is 1. The molecular formula is C11H18N2O2. The highest BCUT2D eigenvalue weighted by Crippen LogP contribution is 2.41. The molecule has 4 unspecified atom stereocenters. The molecule has 3 aliphatic rings. The van der Waals surface area contributed by atoms with E-state index in [1.807, 2.05) is 4.90 Å². The number of amides is 1. The molecule has 2 saturated heterocycles. The fourth-order valence-electron chi connectivity index (χ4n) is 3.25. The Hall–Kier alpha value is -0.610. The van der Waals surface area contributed by atoms with E-state index in [0.717, 1.165) is 32.4 Å². The van der Waals surface area contributed by atoms with Crippen molar-refractivity contribution in [1.29, 1.82) is 0 Å². The SMILES string of the molecule is NC1C2CCOC2C1N1CCCCC1=O. The Kier molecular flexibility index (Phi) is 2.21. The van der Waals surface area contributed by atoms with Crippen molar-refractivity contribution in [2.45, 2.75) is 43.9 Å². The van der Waals surface area contributed by atoms with E-state index < -0.39 is 0 Å². The quantitative estimate of drug-likeness (QED) is 0.668. The fraction of sp³-hybridized carbons (Fsp3) is 0.909. The molecule has 1 aliphatic carbocycles. The third-order valence-corrected chi connectivity index (χ3v) is 4.13. The van der Waals surface area contributed by atoms with Gasteiger partial charge in [0.25, 0.3) is 0 Å². The first-order valence-electron chi connectivity index (χ1n) is 5.96. The zero-order valence-corrected chi connectivity index (χ0v) is 8.89. The summed E-state index contributed by atoms with van der Waals surface area (Å²) in [6.45, 7) is 1.70. The molecule has 3 fully saturated rings. The first-order valence-corrected chi connectivity index (χ1v) is 5.96. The van der Waals surface area contributed by atoms with Gasteiger partial charge in [0.2, 0.25) is 5.91 Å². The van der Waals surface area contributed by atoms with Crippen LogP contribution in [0.2, 0.25) is 0 Å². The summed E-state index contributed by atoms with van der Waals surface area (Å²) in [5, 5.41) is 0. The summed E-state index contributed by atoms with van der Waals surface area (Å²) in [5.74, 6) is 0.778. The minimum atomic E-state index is 0.152. The zero-order chi connectivity index (χ0) is 10.4. The van der Waals surface area contributed by atoms with Gasteiger partial charge in [0, 0.05) is 31.5 Å². The number of carbonyl (C=O) groups is 1. The van der Waals surface area contributed by atoms with E-state index in [1.165, 1.54) is 0 Å². The third kappa shape index (κ3) is 1.31. The Labute approximate surface area is 89.7 Å². The molecule has 4 nitrogen and oxygen atoms in total. The van der Waals surface area contributed by atoms with Gasteiger partial charge in [0.05, 0.1) is 12.1 Å². The Morgan fingerprint density at radius 2 is 2.27 bits per heavy atom. The molecule has 0 aromatic heterocycles. The van der Waals surface area contributed by atoms with Crippen molar-refractivity contribution in [3.8, 4) is 0 Å². The summed E-state index contributed by atoms with van der Waals surface area (Å²) in [4.78, 5) is 13.8. The molecule has 0 spiro atoms. The molecule has 4 atom stereocenters. The predicted octanol–water partition coefficient (Wildman–Crippen LogP) is 0.113. The molecule has 2 aliphatic heterocycles. The van der Waals surface area contributed by atoms with E-state index in [9.17, 15) is 4.79 Å². The molecule has 84 valence electrons. The minimum absolute atomic E-state index is 0.152. The summed E-state index contributed by atoms with van der Waals surface area (Å²) in [5.41, 5.74) is 6.13. The number of carbonyl (C=O) groups excluding carboxylic acids is 1. The molecule has 0 aromatic rings. The average molecular weight is 210 g/mol. The Morgan fingerprint density at radius 3 is 3.07 bits per heavy atom. The van der Waals surface area contributed by atoms with Crippen LogP contribution in [0.3, 0.4) is 0 Å². The van der Waals surface area contributed by atoms with Gasteiger partial charge in [-0.05, 0) is 19.3 Å². The van der Waals surface area contributed by atoms with E-state index in [2.05, 4.69) is 0 Å². The lowest BCUT2D eigenvalue weighted by Crippen LogP contribution is -2.70. The molecule has 3 rings (SSSR count).